The molecular formula is C18H14F3N3O. The molecular weight excluding hydrogens is 331 g/mol. The fraction of sp³-hybridized carbons (Fsp3) is 0.111. The molecule has 1 aromatic heterocycles. The number of imidazole rings is 1. The Bertz CT molecular complexity index is 916. The van der Waals surface area contributed by atoms with Gasteiger partial charge in [0.1, 0.15) is 0 Å². The van der Waals surface area contributed by atoms with Crippen molar-refractivity contribution in [2.24, 2.45) is 0 Å². The van der Waals surface area contributed by atoms with Gasteiger partial charge in [0.2, 0.25) is 5.91 Å². The summed E-state index contributed by atoms with van der Waals surface area (Å²) in [4.78, 5) is 15.3. The van der Waals surface area contributed by atoms with Crippen molar-refractivity contribution in [3.05, 3.63) is 66.6 Å². The van der Waals surface area contributed by atoms with Crippen LogP contribution in [0.3, 0.4) is 0 Å². The number of aromatic nitrogens is 2. The highest BCUT2D eigenvalue weighted by molar-refractivity contribution is 5.88. The number of amides is 1. The number of halogens is 3. The molecule has 0 radical (unpaired) electrons. The van der Waals surface area contributed by atoms with Crippen molar-refractivity contribution in [2.45, 2.75) is 13.1 Å². The lowest BCUT2D eigenvalue weighted by molar-refractivity contribution is -0.137. The summed E-state index contributed by atoms with van der Waals surface area (Å²) in [5.74, 6) is -0.188. The molecule has 3 aromatic rings. The van der Waals surface area contributed by atoms with Crippen LogP contribution in [-0.4, -0.2) is 15.5 Å². The standard InChI is InChI=1S/C18H14F3N3O/c1-12(25)23-15-6-3-7-16(9-15)24-10-17(22-11-24)13-4-2-5-14(8-13)18(19,20)21/h2-11H,1H3,(H,23,25). The molecule has 3 rings (SSSR count). The van der Waals surface area contributed by atoms with E-state index in [9.17, 15) is 18.0 Å². The molecule has 1 heterocycles. The van der Waals surface area contributed by atoms with Crippen molar-refractivity contribution in [3.8, 4) is 16.9 Å². The molecule has 0 unspecified atom stereocenters. The minimum Gasteiger partial charge on any atom is -0.326 e. The quantitative estimate of drug-likeness (QED) is 0.759. The first-order valence-corrected chi connectivity index (χ1v) is 7.42. The fourth-order valence-electron chi connectivity index (χ4n) is 2.42. The van der Waals surface area contributed by atoms with Crippen LogP contribution in [-0.2, 0) is 11.0 Å². The average Bonchev–Trinajstić information content (AvgIpc) is 3.04. The summed E-state index contributed by atoms with van der Waals surface area (Å²) >= 11 is 0. The highest BCUT2D eigenvalue weighted by atomic mass is 19.4. The molecule has 0 bridgehead atoms. The van der Waals surface area contributed by atoms with E-state index in [2.05, 4.69) is 10.3 Å². The first-order chi connectivity index (χ1) is 11.8. The zero-order valence-electron chi connectivity index (χ0n) is 13.2. The molecule has 0 atom stereocenters. The van der Waals surface area contributed by atoms with Crippen molar-refractivity contribution >= 4 is 11.6 Å². The summed E-state index contributed by atoms with van der Waals surface area (Å²) in [6.45, 7) is 1.41. The zero-order chi connectivity index (χ0) is 18.0. The molecule has 7 heteroatoms. The van der Waals surface area contributed by atoms with Crippen LogP contribution >= 0.6 is 0 Å². The summed E-state index contributed by atoms with van der Waals surface area (Å²) in [5, 5.41) is 2.68. The second-order valence-corrected chi connectivity index (χ2v) is 5.48. The number of nitrogens with zero attached hydrogens (tertiary/aromatic N) is 2. The molecule has 0 aliphatic rings. The second kappa shape index (κ2) is 6.43. The number of carbonyl (C=O) groups is 1. The SMILES string of the molecule is CC(=O)Nc1cccc(-n2cnc(-c3cccc(C(F)(F)F)c3)c2)c1. The maximum Gasteiger partial charge on any atom is 0.416 e. The van der Waals surface area contributed by atoms with E-state index in [0.29, 0.717) is 16.9 Å². The van der Waals surface area contributed by atoms with Gasteiger partial charge in [-0.25, -0.2) is 4.98 Å². The van der Waals surface area contributed by atoms with Crippen LogP contribution in [0.25, 0.3) is 16.9 Å². The van der Waals surface area contributed by atoms with Gasteiger partial charge in [0.05, 0.1) is 17.6 Å². The van der Waals surface area contributed by atoms with Gasteiger partial charge < -0.3 is 9.88 Å². The van der Waals surface area contributed by atoms with Crippen molar-refractivity contribution in [2.75, 3.05) is 5.32 Å². The van der Waals surface area contributed by atoms with E-state index in [1.807, 2.05) is 6.07 Å². The monoisotopic (exact) mass is 345 g/mol. The zero-order valence-corrected chi connectivity index (χ0v) is 13.2. The summed E-state index contributed by atoms with van der Waals surface area (Å²) in [5.41, 5.74) is 1.45. The van der Waals surface area contributed by atoms with Crippen LogP contribution in [0, 0.1) is 0 Å². The molecule has 128 valence electrons. The number of benzene rings is 2. The number of rotatable bonds is 3. The molecule has 0 spiro atoms. The summed E-state index contributed by atoms with van der Waals surface area (Å²) in [6, 6.07) is 12.1. The Morgan fingerprint density at radius 3 is 2.60 bits per heavy atom. The van der Waals surface area contributed by atoms with E-state index in [0.717, 1.165) is 17.8 Å². The van der Waals surface area contributed by atoms with E-state index in [4.69, 9.17) is 0 Å². The molecule has 0 aliphatic carbocycles. The third-order valence-electron chi connectivity index (χ3n) is 3.53. The Labute approximate surface area is 141 Å². The third-order valence-corrected chi connectivity index (χ3v) is 3.53. The lowest BCUT2D eigenvalue weighted by Gasteiger charge is -2.07. The van der Waals surface area contributed by atoms with Gasteiger partial charge in [0.15, 0.2) is 0 Å². The van der Waals surface area contributed by atoms with Crippen molar-refractivity contribution in [1.82, 2.24) is 9.55 Å². The van der Waals surface area contributed by atoms with Crippen molar-refractivity contribution in [1.29, 1.82) is 0 Å². The summed E-state index contributed by atoms with van der Waals surface area (Å²) < 4.78 is 40.2. The van der Waals surface area contributed by atoms with Crippen LogP contribution in [0.2, 0.25) is 0 Å². The maximum atomic E-state index is 12.8. The first kappa shape index (κ1) is 16.8. The smallest absolute Gasteiger partial charge is 0.326 e. The lowest BCUT2D eigenvalue weighted by Crippen LogP contribution is -2.06. The molecule has 1 N–H and O–H groups in total. The first-order valence-electron chi connectivity index (χ1n) is 7.42. The van der Waals surface area contributed by atoms with Crippen molar-refractivity contribution < 1.29 is 18.0 Å². The van der Waals surface area contributed by atoms with Crippen molar-refractivity contribution in [3.63, 3.8) is 0 Å². The highest BCUT2D eigenvalue weighted by Crippen LogP contribution is 2.32. The van der Waals surface area contributed by atoms with Gasteiger partial charge in [-0.3, -0.25) is 4.79 Å². The van der Waals surface area contributed by atoms with Crippen LogP contribution in [0.15, 0.2) is 61.1 Å². The second-order valence-electron chi connectivity index (χ2n) is 5.48. The Balaban J connectivity index is 1.92. The molecule has 0 aliphatic heterocycles. The van der Waals surface area contributed by atoms with E-state index in [-0.39, 0.29) is 5.91 Å². The third kappa shape index (κ3) is 3.88. The Hall–Kier alpha value is -3.09. The molecule has 0 saturated heterocycles. The number of hydrogen-bond acceptors (Lipinski definition) is 2. The number of alkyl halides is 3. The largest absolute Gasteiger partial charge is 0.416 e. The number of nitrogens with one attached hydrogen (secondary N) is 1. The average molecular weight is 345 g/mol. The Morgan fingerprint density at radius 2 is 1.88 bits per heavy atom. The molecule has 1 amide bonds. The normalized spacial score (nSPS) is 11.4. The maximum absolute atomic E-state index is 12.8. The molecule has 0 fully saturated rings. The molecule has 4 nitrogen and oxygen atoms in total. The molecule has 2 aromatic carbocycles. The van der Waals surface area contributed by atoms with Gasteiger partial charge in [0, 0.05) is 30.1 Å². The Kier molecular flexibility index (Phi) is 4.31. The van der Waals surface area contributed by atoms with Gasteiger partial charge in [0.25, 0.3) is 0 Å². The number of carbonyl (C=O) groups excluding carboxylic acids is 1. The lowest BCUT2D eigenvalue weighted by atomic mass is 10.1. The van der Waals surface area contributed by atoms with Crippen LogP contribution < -0.4 is 5.32 Å². The fourth-order valence-corrected chi connectivity index (χ4v) is 2.42. The minimum atomic E-state index is -4.40. The van der Waals surface area contributed by atoms with Crippen LogP contribution in [0.1, 0.15) is 12.5 Å². The van der Waals surface area contributed by atoms with E-state index in [1.165, 1.54) is 19.3 Å². The van der Waals surface area contributed by atoms with E-state index in [1.54, 1.807) is 35.0 Å². The predicted molar refractivity (Wildman–Crippen MR) is 88.3 cm³/mol. The van der Waals surface area contributed by atoms with Gasteiger partial charge in [-0.2, -0.15) is 13.2 Å². The number of anilines is 1. The molecule has 25 heavy (non-hydrogen) atoms. The van der Waals surface area contributed by atoms with E-state index < -0.39 is 11.7 Å². The minimum absolute atomic E-state index is 0.188. The highest BCUT2D eigenvalue weighted by Gasteiger charge is 2.30. The van der Waals surface area contributed by atoms with Crippen LogP contribution in [0.4, 0.5) is 18.9 Å². The van der Waals surface area contributed by atoms with Gasteiger partial charge in [-0.05, 0) is 30.3 Å². The summed E-state index contributed by atoms with van der Waals surface area (Å²) in [7, 11) is 0. The molecule has 0 saturated carbocycles. The predicted octanol–water partition coefficient (Wildman–Crippen LogP) is 4.52. The van der Waals surface area contributed by atoms with Gasteiger partial charge >= 0.3 is 6.18 Å². The van der Waals surface area contributed by atoms with Gasteiger partial charge in [-0.1, -0.05) is 18.2 Å². The number of hydrogen-bond donors (Lipinski definition) is 1. The van der Waals surface area contributed by atoms with Crippen LogP contribution in [0.5, 0.6) is 0 Å². The summed E-state index contributed by atoms with van der Waals surface area (Å²) in [6.07, 6.45) is -1.24. The Morgan fingerprint density at radius 1 is 1.12 bits per heavy atom. The topological polar surface area (TPSA) is 46.9 Å². The van der Waals surface area contributed by atoms with Gasteiger partial charge in [-0.15, -0.1) is 0 Å². The van der Waals surface area contributed by atoms with E-state index >= 15 is 0 Å².